The fraction of sp³-hybridized carbons (Fsp3) is 0.208. The molecule has 1 heterocycles. The number of carbonyl (C=O) groups is 1. The summed E-state index contributed by atoms with van der Waals surface area (Å²) in [6.07, 6.45) is 0. The van der Waals surface area contributed by atoms with E-state index in [2.05, 4.69) is 4.90 Å². The second-order valence-electron chi connectivity index (χ2n) is 7.65. The van der Waals surface area contributed by atoms with Gasteiger partial charge in [0.25, 0.3) is 10.0 Å². The van der Waals surface area contributed by atoms with Crippen molar-refractivity contribution in [1.29, 1.82) is 0 Å². The largest absolute Gasteiger partial charge is 0.368 e. The molecule has 0 radical (unpaired) electrons. The second kappa shape index (κ2) is 9.58. The summed E-state index contributed by atoms with van der Waals surface area (Å²) >= 11 is 0. The second-order valence-corrected chi connectivity index (χ2v) is 9.51. The number of halogens is 2. The van der Waals surface area contributed by atoms with E-state index in [4.69, 9.17) is 0 Å². The standard InChI is InChI=1S/C24H23F2N3O3S/c25-19-6-10-22(11-7-19)29(33(31,32)23-12-8-20(26)9-13-23)18-24(30)28-16-14-27(15-17-28)21-4-2-1-3-5-21/h1-13H,14-18H2. The Labute approximate surface area is 191 Å². The van der Waals surface area contributed by atoms with Gasteiger partial charge in [0.1, 0.15) is 18.2 Å². The van der Waals surface area contributed by atoms with Gasteiger partial charge in [-0.15, -0.1) is 0 Å². The lowest BCUT2D eigenvalue weighted by Gasteiger charge is -2.37. The molecule has 0 aromatic heterocycles. The number of rotatable bonds is 6. The molecule has 6 nitrogen and oxygen atoms in total. The summed E-state index contributed by atoms with van der Waals surface area (Å²) in [5.41, 5.74) is 1.22. The Morgan fingerprint density at radius 3 is 1.91 bits per heavy atom. The predicted molar refractivity (Wildman–Crippen MR) is 123 cm³/mol. The number of piperazine rings is 1. The van der Waals surface area contributed by atoms with Gasteiger partial charge in [0, 0.05) is 31.9 Å². The summed E-state index contributed by atoms with van der Waals surface area (Å²) in [5.74, 6) is -1.46. The molecule has 0 N–H and O–H groups in total. The summed E-state index contributed by atoms with van der Waals surface area (Å²) in [4.78, 5) is 16.7. The highest BCUT2D eigenvalue weighted by molar-refractivity contribution is 7.92. The molecule has 0 aliphatic carbocycles. The van der Waals surface area contributed by atoms with E-state index in [-0.39, 0.29) is 16.5 Å². The first-order valence-corrected chi connectivity index (χ1v) is 11.9. The molecule has 1 fully saturated rings. The normalized spacial score (nSPS) is 14.2. The van der Waals surface area contributed by atoms with Crippen LogP contribution in [0.25, 0.3) is 0 Å². The Morgan fingerprint density at radius 1 is 0.788 bits per heavy atom. The Morgan fingerprint density at radius 2 is 1.33 bits per heavy atom. The van der Waals surface area contributed by atoms with E-state index in [0.29, 0.717) is 26.2 Å². The topological polar surface area (TPSA) is 60.9 Å². The van der Waals surface area contributed by atoms with Crippen LogP contribution in [0.5, 0.6) is 0 Å². The molecule has 0 bridgehead atoms. The van der Waals surface area contributed by atoms with Crippen LogP contribution in [0.3, 0.4) is 0 Å². The number of amides is 1. The first-order chi connectivity index (χ1) is 15.8. The highest BCUT2D eigenvalue weighted by Gasteiger charge is 2.30. The minimum Gasteiger partial charge on any atom is -0.368 e. The Hall–Kier alpha value is -3.46. The van der Waals surface area contributed by atoms with Crippen LogP contribution in [0, 0.1) is 11.6 Å². The first-order valence-electron chi connectivity index (χ1n) is 10.5. The van der Waals surface area contributed by atoms with Crippen LogP contribution in [0.15, 0.2) is 83.8 Å². The van der Waals surface area contributed by atoms with E-state index < -0.39 is 28.2 Å². The van der Waals surface area contributed by atoms with Crippen LogP contribution >= 0.6 is 0 Å². The summed E-state index contributed by atoms with van der Waals surface area (Å²) < 4.78 is 54.4. The quantitative estimate of drug-likeness (QED) is 0.552. The van der Waals surface area contributed by atoms with Crippen molar-refractivity contribution in [3.63, 3.8) is 0 Å². The molecule has 9 heteroatoms. The number of hydrogen-bond acceptors (Lipinski definition) is 4. The third kappa shape index (κ3) is 5.14. The number of para-hydroxylation sites is 1. The van der Waals surface area contributed by atoms with Crippen molar-refractivity contribution < 1.29 is 22.0 Å². The Bertz CT molecular complexity index is 1200. The monoisotopic (exact) mass is 471 g/mol. The minimum absolute atomic E-state index is 0.150. The van der Waals surface area contributed by atoms with Crippen LogP contribution in [-0.4, -0.2) is 51.9 Å². The maximum absolute atomic E-state index is 13.5. The third-order valence-corrected chi connectivity index (χ3v) is 7.34. The first kappa shape index (κ1) is 22.7. The SMILES string of the molecule is O=C(CN(c1ccc(F)cc1)S(=O)(=O)c1ccc(F)cc1)N1CCN(c2ccccc2)CC1. The highest BCUT2D eigenvalue weighted by Crippen LogP contribution is 2.25. The van der Waals surface area contributed by atoms with Crippen molar-refractivity contribution >= 4 is 27.3 Å². The van der Waals surface area contributed by atoms with Gasteiger partial charge in [-0.2, -0.15) is 0 Å². The van der Waals surface area contributed by atoms with Crippen molar-refractivity contribution in [1.82, 2.24) is 4.90 Å². The lowest BCUT2D eigenvalue weighted by molar-refractivity contribution is -0.129. The molecular formula is C24H23F2N3O3S. The van der Waals surface area contributed by atoms with Crippen molar-refractivity contribution in [3.05, 3.63) is 90.5 Å². The summed E-state index contributed by atoms with van der Waals surface area (Å²) in [7, 11) is -4.18. The molecule has 1 saturated heterocycles. The Balaban J connectivity index is 1.54. The van der Waals surface area contributed by atoms with Crippen molar-refractivity contribution in [2.45, 2.75) is 4.90 Å². The Kier molecular flexibility index (Phi) is 6.60. The van der Waals surface area contributed by atoms with E-state index in [1.165, 1.54) is 12.1 Å². The van der Waals surface area contributed by atoms with Gasteiger partial charge in [-0.25, -0.2) is 17.2 Å². The fourth-order valence-electron chi connectivity index (χ4n) is 3.73. The summed E-state index contributed by atoms with van der Waals surface area (Å²) in [6, 6.07) is 19.1. The van der Waals surface area contributed by atoms with E-state index >= 15 is 0 Å². The number of benzene rings is 3. The lowest BCUT2D eigenvalue weighted by atomic mass is 10.2. The molecule has 33 heavy (non-hydrogen) atoms. The molecule has 0 unspecified atom stereocenters. The van der Waals surface area contributed by atoms with Crippen molar-refractivity contribution in [2.75, 3.05) is 41.9 Å². The maximum Gasteiger partial charge on any atom is 0.264 e. The van der Waals surface area contributed by atoms with Crippen LogP contribution < -0.4 is 9.21 Å². The van der Waals surface area contributed by atoms with Gasteiger partial charge in [-0.05, 0) is 60.7 Å². The minimum atomic E-state index is -4.18. The average molecular weight is 472 g/mol. The van der Waals surface area contributed by atoms with E-state index in [1.54, 1.807) is 4.90 Å². The number of hydrogen-bond donors (Lipinski definition) is 0. The molecule has 3 aromatic rings. The fourth-order valence-corrected chi connectivity index (χ4v) is 5.15. The van der Waals surface area contributed by atoms with E-state index in [0.717, 1.165) is 46.4 Å². The molecular weight excluding hydrogens is 448 g/mol. The van der Waals surface area contributed by atoms with Gasteiger partial charge < -0.3 is 9.80 Å². The molecule has 3 aromatic carbocycles. The van der Waals surface area contributed by atoms with Crippen molar-refractivity contribution in [2.24, 2.45) is 0 Å². The van der Waals surface area contributed by atoms with Gasteiger partial charge in [-0.1, -0.05) is 18.2 Å². The van der Waals surface area contributed by atoms with Crippen LogP contribution in [0.4, 0.5) is 20.2 Å². The zero-order chi connectivity index (χ0) is 23.4. The number of nitrogens with zero attached hydrogens (tertiary/aromatic N) is 3. The van der Waals surface area contributed by atoms with Crippen LogP contribution in [0.2, 0.25) is 0 Å². The van der Waals surface area contributed by atoms with Crippen LogP contribution in [-0.2, 0) is 14.8 Å². The zero-order valence-electron chi connectivity index (χ0n) is 17.8. The van der Waals surface area contributed by atoms with Gasteiger partial charge in [-0.3, -0.25) is 9.10 Å². The summed E-state index contributed by atoms with van der Waals surface area (Å²) in [6.45, 7) is 1.69. The molecule has 172 valence electrons. The number of sulfonamides is 1. The predicted octanol–water partition coefficient (Wildman–Crippen LogP) is 3.51. The summed E-state index contributed by atoms with van der Waals surface area (Å²) in [5, 5.41) is 0. The van der Waals surface area contributed by atoms with Crippen molar-refractivity contribution in [3.8, 4) is 0 Å². The molecule has 0 saturated carbocycles. The number of anilines is 2. The molecule has 1 amide bonds. The molecule has 4 rings (SSSR count). The van der Waals surface area contributed by atoms with Gasteiger partial charge >= 0.3 is 0 Å². The average Bonchev–Trinajstić information content (AvgIpc) is 2.84. The highest BCUT2D eigenvalue weighted by atomic mass is 32.2. The molecule has 0 atom stereocenters. The molecule has 1 aliphatic heterocycles. The van der Waals surface area contributed by atoms with Gasteiger partial charge in [0.2, 0.25) is 5.91 Å². The third-order valence-electron chi connectivity index (χ3n) is 5.55. The molecule has 1 aliphatic rings. The zero-order valence-corrected chi connectivity index (χ0v) is 18.6. The number of carbonyl (C=O) groups excluding carboxylic acids is 1. The van der Waals surface area contributed by atoms with E-state index in [9.17, 15) is 22.0 Å². The van der Waals surface area contributed by atoms with Crippen LogP contribution in [0.1, 0.15) is 0 Å². The van der Waals surface area contributed by atoms with Gasteiger partial charge in [0.15, 0.2) is 0 Å². The lowest BCUT2D eigenvalue weighted by Crippen LogP contribution is -2.52. The molecule has 0 spiro atoms. The van der Waals surface area contributed by atoms with Gasteiger partial charge in [0.05, 0.1) is 10.6 Å². The van der Waals surface area contributed by atoms with E-state index in [1.807, 2.05) is 30.3 Å². The smallest absolute Gasteiger partial charge is 0.264 e. The maximum atomic E-state index is 13.5.